The molecule has 1 fully saturated rings. The second kappa shape index (κ2) is 5.98. The molecule has 0 saturated heterocycles. The summed E-state index contributed by atoms with van der Waals surface area (Å²) in [7, 11) is -3.39. The highest BCUT2D eigenvalue weighted by Crippen LogP contribution is 2.25. The van der Waals surface area contributed by atoms with E-state index >= 15 is 0 Å². The Bertz CT molecular complexity index is 549. The molecule has 0 bridgehead atoms. The summed E-state index contributed by atoms with van der Waals surface area (Å²) in [5.74, 6) is 0.503. The van der Waals surface area contributed by atoms with Gasteiger partial charge >= 0.3 is 0 Å². The molecule has 1 aromatic carbocycles. The summed E-state index contributed by atoms with van der Waals surface area (Å²) in [5, 5.41) is 0. The summed E-state index contributed by atoms with van der Waals surface area (Å²) in [6.45, 7) is 0.539. The maximum atomic E-state index is 12.0. The van der Waals surface area contributed by atoms with Crippen molar-refractivity contribution in [3.05, 3.63) is 29.8 Å². The van der Waals surface area contributed by atoms with Gasteiger partial charge in [0.15, 0.2) is 0 Å². The topological polar surface area (TPSA) is 72.2 Å². The van der Waals surface area contributed by atoms with E-state index in [0.717, 1.165) is 18.4 Å². The maximum absolute atomic E-state index is 12.0. The van der Waals surface area contributed by atoms with Gasteiger partial charge in [0, 0.05) is 13.0 Å². The fraction of sp³-hybridized carbons (Fsp3) is 0.462. The first-order chi connectivity index (χ1) is 8.97. The van der Waals surface area contributed by atoms with Crippen LogP contribution in [0.5, 0.6) is 0 Å². The molecule has 0 aliphatic heterocycles. The number of hydrogen-bond donors (Lipinski definition) is 2. The summed E-state index contributed by atoms with van der Waals surface area (Å²) >= 11 is 4.82. The first kappa shape index (κ1) is 14.4. The Morgan fingerprint density at radius 3 is 2.42 bits per heavy atom. The molecule has 19 heavy (non-hydrogen) atoms. The van der Waals surface area contributed by atoms with Gasteiger partial charge in [-0.05, 0) is 36.5 Å². The number of sulfonamides is 1. The standard InChI is InChI=1S/C13H18N2O2S2/c14-13(18)8-10-4-6-12(7-5-10)19(16,17)15-9-11-2-1-3-11/h4-7,11,15H,1-3,8-9H2,(H2,14,18). The van der Waals surface area contributed by atoms with Crippen molar-refractivity contribution in [2.45, 2.75) is 30.6 Å². The minimum absolute atomic E-state index is 0.290. The van der Waals surface area contributed by atoms with Crippen molar-refractivity contribution in [2.75, 3.05) is 6.54 Å². The van der Waals surface area contributed by atoms with E-state index in [9.17, 15) is 8.42 Å². The molecule has 2 rings (SSSR count). The molecule has 1 aliphatic rings. The van der Waals surface area contributed by atoms with Crippen molar-refractivity contribution in [3.63, 3.8) is 0 Å². The average molecular weight is 298 g/mol. The van der Waals surface area contributed by atoms with E-state index in [1.54, 1.807) is 24.3 Å². The monoisotopic (exact) mass is 298 g/mol. The number of hydrogen-bond acceptors (Lipinski definition) is 3. The fourth-order valence-electron chi connectivity index (χ4n) is 2.00. The van der Waals surface area contributed by atoms with Gasteiger partial charge in [-0.2, -0.15) is 0 Å². The van der Waals surface area contributed by atoms with Crippen LogP contribution < -0.4 is 10.5 Å². The molecule has 104 valence electrons. The zero-order valence-corrected chi connectivity index (χ0v) is 12.3. The van der Waals surface area contributed by atoms with E-state index in [1.807, 2.05) is 0 Å². The summed E-state index contributed by atoms with van der Waals surface area (Å²) in [5.41, 5.74) is 6.37. The summed E-state index contributed by atoms with van der Waals surface area (Å²) in [6, 6.07) is 6.68. The minimum Gasteiger partial charge on any atom is -0.393 e. The predicted molar refractivity (Wildman–Crippen MR) is 79.5 cm³/mol. The SMILES string of the molecule is NC(=S)Cc1ccc(S(=O)(=O)NCC2CCC2)cc1. The molecule has 1 aliphatic carbocycles. The van der Waals surface area contributed by atoms with Gasteiger partial charge in [-0.25, -0.2) is 13.1 Å². The molecule has 0 unspecified atom stereocenters. The van der Waals surface area contributed by atoms with Crippen molar-refractivity contribution in [1.29, 1.82) is 0 Å². The quantitative estimate of drug-likeness (QED) is 0.782. The third kappa shape index (κ3) is 3.99. The van der Waals surface area contributed by atoms with Crippen LogP contribution in [0.25, 0.3) is 0 Å². The smallest absolute Gasteiger partial charge is 0.240 e. The summed E-state index contributed by atoms with van der Waals surface area (Å²) in [4.78, 5) is 0.692. The van der Waals surface area contributed by atoms with Crippen LogP contribution in [0.1, 0.15) is 24.8 Å². The highest BCUT2D eigenvalue weighted by molar-refractivity contribution is 7.89. The molecule has 0 atom stereocenters. The Morgan fingerprint density at radius 1 is 1.32 bits per heavy atom. The van der Waals surface area contributed by atoms with Gasteiger partial charge in [0.2, 0.25) is 10.0 Å². The third-order valence-electron chi connectivity index (χ3n) is 3.40. The predicted octanol–water partition coefficient (Wildman–Crippen LogP) is 1.59. The largest absolute Gasteiger partial charge is 0.393 e. The second-order valence-corrected chi connectivity index (χ2v) is 7.23. The van der Waals surface area contributed by atoms with Crippen molar-refractivity contribution in [1.82, 2.24) is 4.72 Å². The number of nitrogens with two attached hydrogens (primary N) is 1. The highest BCUT2D eigenvalue weighted by atomic mass is 32.2. The van der Waals surface area contributed by atoms with Crippen LogP contribution in [0.4, 0.5) is 0 Å². The van der Waals surface area contributed by atoms with Crippen molar-refractivity contribution >= 4 is 27.2 Å². The van der Waals surface area contributed by atoms with E-state index in [4.69, 9.17) is 18.0 Å². The first-order valence-corrected chi connectivity index (χ1v) is 8.23. The molecule has 1 saturated carbocycles. The van der Waals surface area contributed by atoms with Gasteiger partial charge in [-0.1, -0.05) is 30.8 Å². The Hall–Kier alpha value is -0.980. The Kier molecular flexibility index (Phi) is 4.54. The zero-order chi connectivity index (χ0) is 13.9. The van der Waals surface area contributed by atoms with Gasteiger partial charge in [-0.3, -0.25) is 0 Å². The maximum Gasteiger partial charge on any atom is 0.240 e. The Morgan fingerprint density at radius 2 is 1.95 bits per heavy atom. The molecule has 0 amide bonds. The van der Waals surface area contributed by atoms with Gasteiger partial charge < -0.3 is 5.73 Å². The van der Waals surface area contributed by atoms with E-state index in [1.165, 1.54) is 6.42 Å². The summed E-state index contributed by atoms with van der Waals surface area (Å²) < 4.78 is 26.8. The average Bonchev–Trinajstić information content (AvgIpc) is 2.26. The zero-order valence-electron chi connectivity index (χ0n) is 10.6. The van der Waals surface area contributed by atoms with Crippen LogP contribution in [0, 0.1) is 5.92 Å². The van der Waals surface area contributed by atoms with Crippen LogP contribution in [-0.2, 0) is 16.4 Å². The van der Waals surface area contributed by atoms with Crippen LogP contribution >= 0.6 is 12.2 Å². The third-order valence-corrected chi connectivity index (χ3v) is 4.98. The number of nitrogens with one attached hydrogen (secondary N) is 1. The lowest BCUT2D eigenvalue weighted by atomic mass is 9.86. The number of benzene rings is 1. The molecular formula is C13H18N2O2S2. The molecular weight excluding hydrogens is 280 g/mol. The summed E-state index contributed by atoms with van der Waals surface area (Å²) in [6.07, 6.45) is 3.94. The molecule has 0 heterocycles. The molecule has 4 nitrogen and oxygen atoms in total. The lowest BCUT2D eigenvalue weighted by Gasteiger charge is -2.25. The normalized spacial score (nSPS) is 16.0. The van der Waals surface area contributed by atoms with Gasteiger partial charge in [0.1, 0.15) is 0 Å². The van der Waals surface area contributed by atoms with E-state index in [2.05, 4.69) is 4.72 Å². The molecule has 6 heteroatoms. The molecule has 1 aromatic rings. The highest BCUT2D eigenvalue weighted by Gasteiger charge is 2.21. The Balaban J connectivity index is 2.00. The lowest BCUT2D eigenvalue weighted by molar-refractivity contribution is 0.316. The fourth-order valence-corrected chi connectivity index (χ4v) is 3.28. The van der Waals surface area contributed by atoms with E-state index in [0.29, 0.717) is 28.8 Å². The Labute approximate surface area is 119 Å². The van der Waals surface area contributed by atoms with Gasteiger partial charge in [-0.15, -0.1) is 0 Å². The molecule has 0 radical (unpaired) electrons. The van der Waals surface area contributed by atoms with Crippen LogP contribution in [0.2, 0.25) is 0 Å². The second-order valence-electron chi connectivity index (χ2n) is 4.94. The van der Waals surface area contributed by atoms with Crippen molar-refractivity contribution in [2.24, 2.45) is 11.7 Å². The minimum atomic E-state index is -3.39. The van der Waals surface area contributed by atoms with E-state index in [-0.39, 0.29) is 0 Å². The van der Waals surface area contributed by atoms with Crippen LogP contribution in [-0.4, -0.2) is 20.0 Å². The van der Waals surface area contributed by atoms with E-state index < -0.39 is 10.0 Å². The first-order valence-electron chi connectivity index (χ1n) is 6.34. The number of thiocarbonyl (C=S) groups is 1. The molecule has 0 aromatic heterocycles. The van der Waals surface area contributed by atoms with Crippen LogP contribution in [0.3, 0.4) is 0 Å². The molecule has 0 spiro atoms. The van der Waals surface area contributed by atoms with Crippen LogP contribution in [0.15, 0.2) is 29.2 Å². The van der Waals surface area contributed by atoms with Crippen molar-refractivity contribution in [3.8, 4) is 0 Å². The van der Waals surface area contributed by atoms with Gasteiger partial charge in [0.25, 0.3) is 0 Å². The van der Waals surface area contributed by atoms with Crippen molar-refractivity contribution < 1.29 is 8.42 Å². The molecule has 3 N–H and O–H groups in total. The van der Waals surface area contributed by atoms with Gasteiger partial charge in [0.05, 0.1) is 9.88 Å². The lowest BCUT2D eigenvalue weighted by Crippen LogP contribution is -2.32. The number of rotatable bonds is 6.